The highest BCUT2D eigenvalue weighted by atomic mass is 35.5. The minimum atomic E-state index is -0.389. The minimum absolute atomic E-state index is 0.114. The molecule has 2 rings (SSSR count). The molecule has 5 nitrogen and oxygen atoms in total. The summed E-state index contributed by atoms with van der Waals surface area (Å²) >= 11 is 11.8. The van der Waals surface area contributed by atoms with E-state index in [4.69, 9.17) is 27.9 Å². The molecule has 0 heterocycles. The first kappa shape index (κ1) is 17.1. The van der Waals surface area contributed by atoms with E-state index in [2.05, 4.69) is 10.5 Å². The molecule has 2 N–H and O–H groups in total. The van der Waals surface area contributed by atoms with Crippen LogP contribution in [0, 0.1) is 0 Å². The number of phenols is 1. The third-order valence-electron chi connectivity index (χ3n) is 3.10. The van der Waals surface area contributed by atoms with E-state index >= 15 is 0 Å². The van der Waals surface area contributed by atoms with E-state index in [1.54, 1.807) is 38.3 Å². The van der Waals surface area contributed by atoms with Crippen molar-refractivity contribution in [1.29, 1.82) is 0 Å². The summed E-state index contributed by atoms with van der Waals surface area (Å²) in [7, 11) is 1.55. The van der Waals surface area contributed by atoms with Crippen molar-refractivity contribution in [2.24, 2.45) is 5.10 Å². The van der Waals surface area contributed by atoms with Crippen LogP contribution in [0.3, 0.4) is 0 Å². The van der Waals surface area contributed by atoms with Crippen LogP contribution in [0.1, 0.15) is 22.8 Å². The van der Waals surface area contributed by atoms with Gasteiger partial charge in [-0.15, -0.1) is 0 Å². The highest BCUT2D eigenvalue weighted by Gasteiger charge is 2.11. The molecule has 0 radical (unpaired) electrons. The quantitative estimate of drug-likeness (QED) is 0.648. The van der Waals surface area contributed by atoms with Gasteiger partial charge < -0.3 is 9.84 Å². The van der Waals surface area contributed by atoms with Crippen LogP contribution in [0.2, 0.25) is 10.0 Å². The molecule has 2 aromatic carbocycles. The molecule has 0 saturated heterocycles. The van der Waals surface area contributed by atoms with E-state index in [9.17, 15) is 9.90 Å². The van der Waals surface area contributed by atoms with E-state index in [1.807, 2.05) is 0 Å². The Labute approximate surface area is 143 Å². The molecule has 0 aliphatic carbocycles. The van der Waals surface area contributed by atoms with Gasteiger partial charge in [0.2, 0.25) is 0 Å². The fourth-order valence-electron chi connectivity index (χ4n) is 1.84. The molecule has 1 amide bonds. The summed E-state index contributed by atoms with van der Waals surface area (Å²) < 4.78 is 5.03. The number of rotatable bonds is 4. The largest absolute Gasteiger partial charge is 0.506 e. The van der Waals surface area contributed by atoms with Crippen molar-refractivity contribution in [2.75, 3.05) is 7.11 Å². The molecule has 0 bridgehead atoms. The Balaban J connectivity index is 2.17. The van der Waals surface area contributed by atoms with E-state index in [0.717, 1.165) is 0 Å². The van der Waals surface area contributed by atoms with Gasteiger partial charge in [-0.1, -0.05) is 23.2 Å². The van der Waals surface area contributed by atoms with Crippen molar-refractivity contribution in [2.45, 2.75) is 6.92 Å². The van der Waals surface area contributed by atoms with E-state index < -0.39 is 0 Å². The number of hydrazone groups is 1. The molecule has 0 saturated carbocycles. The average Bonchev–Trinajstić information content (AvgIpc) is 2.55. The fraction of sp³-hybridized carbons (Fsp3) is 0.125. The summed E-state index contributed by atoms with van der Waals surface area (Å²) in [6, 6.07) is 9.52. The van der Waals surface area contributed by atoms with Crippen molar-refractivity contribution >= 4 is 34.8 Å². The van der Waals surface area contributed by atoms with Crippen LogP contribution < -0.4 is 10.2 Å². The standard InChI is InChI=1S/C16H14Cl2N2O3/c1-9(13-7-11(17)8-14(18)15(13)21)19-20-16(22)10-3-5-12(23-2)6-4-10/h3-8,21H,1-2H3,(H,20,22). The number of halogens is 2. The molecule has 0 fully saturated rings. The number of hydrogen-bond donors (Lipinski definition) is 2. The summed E-state index contributed by atoms with van der Waals surface area (Å²) in [5.41, 5.74) is 3.55. The third-order valence-corrected chi connectivity index (χ3v) is 3.60. The van der Waals surface area contributed by atoms with Gasteiger partial charge in [-0.3, -0.25) is 4.79 Å². The van der Waals surface area contributed by atoms with Gasteiger partial charge in [0.05, 0.1) is 17.8 Å². The fourth-order valence-corrected chi connectivity index (χ4v) is 2.34. The first-order valence-electron chi connectivity index (χ1n) is 6.59. The Kier molecular flexibility index (Phi) is 5.47. The van der Waals surface area contributed by atoms with Gasteiger partial charge in [0.15, 0.2) is 0 Å². The van der Waals surface area contributed by atoms with E-state index in [1.165, 1.54) is 12.1 Å². The van der Waals surface area contributed by atoms with Crippen LogP contribution in [-0.2, 0) is 0 Å². The Hall–Kier alpha value is -2.24. The summed E-state index contributed by atoms with van der Waals surface area (Å²) in [6.07, 6.45) is 0. The number of ether oxygens (including phenoxy) is 1. The van der Waals surface area contributed by atoms with Crippen LogP contribution >= 0.6 is 23.2 Å². The zero-order valence-corrected chi connectivity index (χ0v) is 13.9. The second-order valence-corrected chi connectivity index (χ2v) is 5.49. The maximum atomic E-state index is 12.0. The lowest BCUT2D eigenvalue weighted by Crippen LogP contribution is -2.19. The molecule has 0 aliphatic heterocycles. The number of nitrogens with one attached hydrogen (secondary N) is 1. The van der Waals surface area contributed by atoms with Gasteiger partial charge in [0.1, 0.15) is 11.5 Å². The van der Waals surface area contributed by atoms with Gasteiger partial charge >= 0.3 is 0 Å². The van der Waals surface area contributed by atoms with Crippen LogP contribution in [0.15, 0.2) is 41.5 Å². The first-order chi connectivity index (χ1) is 10.9. The molecule has 0 aliphatic rings. The number of aromatic hydroxyl groups is 1. The zero-order chi connectivity index (χ0) is 17.0. The second kappa shape index (κ2) is 7.35. The monoisotopic (exact) mass is 352 g/mol. The Morgan fingerprint density at radius 1 is 1.22 bits per heavy atom. The molecule has 0 spiro atoms. The molecule has 7 heteroatoms. The molecular formula is C16H14Cl2N2O3. The normalized spacial score (nSPS) is 11.2. The van der Waals surface area contributed by atoms with Crippen LogP contribution in [0.5, 0.6) is 11.5 Å². The van der Waals surface area contributed by atoms with E-state index in [0.29, 0.717) is 27.6 Å². The number of carbonyl (C=O) groups excluding carboxylic acids is 1. The molecule has 120 valence electrons. The Morgan fingerprint density at radius 2 is 1.87 bits per heavy atom. The number of nitrogens with zero attached hydrogens (tertiary/aromatic N) is 1. The molecule has 0 unspecified atom stereocenters. The molecule has 0 atom stereocenters. The van der Waals surface area contributed by atoms with Crippen LogP contribution in [0.25, 0.3) is 0 Å². The van der Waals surface area contributed by atoms with Crippen LogP contribution in [-0.4, -0.2) is 23.8 Å². The summed E-state index contributed by atoms with van der Waals surface area (Å²) in [6.45, 7) is 1.62. The number of carbonyl (C=O) groups is 1. The van der Waals surface area contributed by atoms with Gasteiger partial charge in [-0.2, -0.15) is 5.10 Å². The highest BCUT2D eigenvalue weighted by Crippen LogP contribution is 2.31. The van der Waals surface area contributed by atoms with Crippen LogP contribution in [0.4, 0.5) is 0 Å². The van der Waals surface area contributed by atoms with Gasteiger partial charge in [0, 0.05) is 16.1 Å². The Bertz CT molecular complexity index is 759. The van der Waals surface area contributed by atoms with Crippen molar-refractivity contribution in [1.82, 2.24) is 5.43 Å². The van der Waals surface area contributed by atoms with Crippen molar-refractivity contribution in [3.8, 4) is 11.5 Å². The van der Waals surface area contributed by atoms with Gasteiger partial charge in [-0.05, 0) is 43.3 Å². The SMILES string of the molecule is COc1ccc(C(=O)NN=C(C)c2cc(Cl)cc(Cl)c2O)cc1. The smallest absolute Gasteiger partial charge is 0.271 e. The number of methoxy groups -OCH3 is 1. The Morgan fingerprint density at radius 3 is 2.48 bits per heavy atom. The van der Waals surface area contributed by atoms with Crippen molar-refractivity contribution < 1.29 is 14.6 Å². The zero-order valence-electron chi connectivity index (χ0n) is 12.4. The topological polar surface area (TPSA) is 70.9 Å². The lowest BCUT2D eigenvalue weighted by molar-refractivity contribution is 0.0955. The predicted octanol–water partition coefficient (Wildman–Crippen LogP) is 3.86. The van der Waals surface area contributed by atoms with Crippen molar-refractivity contribution in [3.05, 3.63) is 57.6 Å². The third kappa shape index (κ3) is 4.15. The summed E-state index contributed by atoms with van der Waals surface area (Å²) in [4.78, 5) is 12.0. The summed E-state index contributed by atoms with van der Waals surface area (Å²) in [5.74, 6) is 0.121. The first-order valence-corrected chi connectivity index (χ1v) is 7.35. The average molecular weight is 353 g/mol. The van der Waals surface area contributed by atoms with Gasteiger partial charge in [-0.25, -0.2) is 5.43 Å². The lowest BCUT2D eigenvalue weighted by Gasteiger charge is -2.07. The predicted molar refractivity (Wildman–Crippen MR) is 90.8 cm³/mol. The number of benzene rings is 2. The van der Waals surface area contributed by atoms with E-state index in [-0.39, 0.29) is 16.7 Å². The summed E-state index contributed by atoms with van der Waals surface area (Å²) in [5, 5.41) is 14.4. The number of hydrogen-bond acceptors (Lipinski definition) is 4. The molecular weight excluding hydrogens is 339 g/mol. The minimum Gasteiger partial charge on any atom is -0.506 e. The number of amides is 1. The molecule has 2 aromatic rings. The maximum Gasteiger partial charge on any atom is 0.271 e. The lowest BCUT2D eigenvalue weighted by atomic mass is 10.1. The van der Waals surface area contributed by atoms with Crippen molar-refractivity contribution in [3.63, 3.8) is 0 Å². The van der Waals surface area contributed by atoms with Gasteiger partial charge in [0.25, 0.3) is 5.91 Å². The maximum absolute atomic E-state index is 12.0. The number of phenolic OH excluding ortho intramolecular Hbond substituents is 1. The second-order valence-electron chi connectivity index (χ2n) is 4.65. The highest BCUT2D eigenvalue weighted by molar-refractivity contribution is 6.36. The molecule has 0 aromatic heterocycles. The molecule has 23 heavy (non-hydrogen) atoms.